The van der Waals surface area contributed by atoms with Crippen molar-refractivity contribution in [1.29, 1.82) is 0 Å². The first-order chi connectivity index (χ1) is 25.5. The SMILES string of the molecule is CC[C@H]1OC(=O)[C@H](C)C(=O)[C@H](C)[C@@H](OC2O[C@H](C)C[C@H](N(C)C)[C@H]2OC(=O)c2ccccc2)[C@](C)(OC)C[C@@H](C)C(=O)/C(C)=C\[C@@H]1OC(=O)n1ccnc1. The Labute approximate surface area is 317 Å². The van der Waals surface area contributed by atoms with E-state index in [1.54, 1.807) is 65.0 Å². The summed E-state index contributed by atoms with van der Waals surface area (Å²) in [5.41, 5.74) is -0.692. The van der Waals surface area contributed by atoms with Crippen LogP contribution in [0.4, 0.5) is 4.79 Å². The molecule has 2 aliphatic heterocycles. The minimum absolute atomic E-state index is 0.0825. The van der Waals surface area contributed by atoms with Crippen LogP contribution >= 0.6 is 0 Å². The van der Waals surface area contributed by atoms with Crippen molar-refractivity contribution in [3.8, 4) is 0 Å². The summed E-state index contributed by atoms with van der Waals surface area (Å²) in [5, 5.41) is 0. The lowest BCUT2D eigenvalue weighted by atomic mass is 9.77. The van der Waals surface area contributed by atoms with Crippen LogP contribution in [0.1, 0.15) is 78.1 Å². The molecule has 1 aromatic carbocycles. The van der Waals surface area contributed by atoms with Crippen molar-refractivity contribution in [3.63, 3.8) is 0 Å². The molecule has 1 unspecified atom stereocenters. The molecule has 3 heterocycles. The molecule has 0 amide bonds. The van der Waals surface area contributed by atoms with Crippen molar-refractivity contribution in [2.24, 2.45) is 17.8 Å². The molecule has 14 heteroatoms. The van der Waals surface area contributed by atoms with Gasteiger partial charge in [0.1, 0.15) is 18.3 Å². The van der Waals surface area contributed by atoms with Gasteiger partial charge in [-0.1, -0.05) is 39.0 Å². The third-order valence-electron chi connectivity index (χ3n) is 10.5. The molecular weight excluding hydrogens is 698 g/mol. The van der Waals surface area contributed by atoms with E-state index in [2.05, 4.69) is 4.98 Å². The van der Waals surface area contributed by atoms with Gasteiger partial charge in [0.2, 0.25) is 0 Å². The number of rotatable bonds is 8. The number of hydrogen-bond acceptors (Lipinski definition) is 13. The van der Waals surface area contributed by atoms with E-state index in [4.69, 9.17) is 28.4 Å². The topological polar surface area (TPSA) is 162 Å². The maximum Gasteiger partial charge on any atom is 0.419 e. The molecule has 1 aromatic heterocycles. The third kappa shape index (κ3) is 9.89. The first-order valence-electron chi connectivity index (χ1n) is 18.5. The van der Waals surface area contributed by atoms with E-state index in [9.17, 15) is 24.0 Å². The number of carbonyl (C=O) groups excluding carboxylic acids is 5. The maximum absolute atomic E-state index is 14.3. The minimum atomic E-state index is -1.32. The molecule has 11 atom stereocenters. The number of benzene rings is 1. The van der Waals surface area contributed by atoms with Crippen molar-refractivity contribution >= 4 is 29.6 Å². The standard InChI is InChI=1S/C40H55N3O11/c1-11-30-31(52-39(48)43-18-17-41-22-43)19-23(2)32(44)24(3)21-40(7,49-10)35(26(5)33(45)27(6)36(46)51-30)54-38-34(29(42(8)9)20-25(4)50-38)53-37(47)28-15-13-12-14-16-28/h12-19,22,24-27,29-31,34-35,38H,11,20-21H2,1-10H3/b23-19-/t24-,25-,26+,27-,29+,30-,31+,34-,35-,38?,40-/m1/s1. The van der Waals surface area contributed by atoms with E-state index in [0.717, 1.165) is 4.57 Å². The van der Waals surface area contributed by atoms with Crippen LogP contribution in [-0.2, 0) is 42.8 Å². The van der Waals surface area contributed by atoms with E-state index in [-0.39, 0.29) is 36.3 Å². The second-order valence-electron chi connectivity index (χ2n) is 14.8. The summed E-state index contributed by atoms with van der Waals surface area (Å²) in [6, 6.07) is 8.25. The molecule has 0 aliphatic carbocycles. The van der Waals surface area contributed by atoms with Crippen LogP contribution in [0.3, 0.4) is 0 Å². The molecule has 296 valence electrons. The number of likely N-dealkylation sites (N-methyl/N-ethyl adjacent to an activating group) is 1. The van der Waals surface area contributed by atoms with E-state index < -0.39 is 77.9 Å². The highest BCUT2D eigenvalue weighted by Gasteiger charge is 2.50. The monoisotopic (exact) mass is 753 g/mol. The fraction of sp³-hybridized carbons (Fsp3) is 0.600. The molecule has 54 heavy (non-hydrogen) atoms. The molecular formula is C40H55N3O11. The van der Waals surface area contributed by atoms with Crippen molar-refractivity contribution in [3.05, 3.63) is 66.3 Å². The van der Waals surface area contributed by atoms with Crippen LogP contribution < -0.4 is 0 Å². The molecule has 4 rings (SSSR count). The van der Waals surface area contributed by atoms with Gasteiger partial charge in [0.25, 0.3) is 0 Å². The Morgan fingerprint density at radius 3 is 2.33 bits per heavy atom. The Bertz CT molecular complexity index is 1640. The second kappa shape index (κ2) is 18.4. The quantitative estimate of drug-likeness (QED) is 0.201. The van der Waals surface area contributed by atoms with Gasteiger partial charge >= 0.3 is 18.0 Å². The number of allylic oxidation sites excluding steroid dienone is 1. The molecule has 0 radical (unpaired) electrons. The smallest absolute Gasteiger partial charge is 0.419 e. The molecule has 2 aromatic rings. The number of cyclic esters (lactones) is 1. The summed E-state index contributed by atoms with van der Waals surface area (Å²) >= 11 is 0. The van der Waals surface area contributed by atoms with Crippen LogP contribution in [0.15, 0.2) is 60.7 Å². The van der Waals surface area contributed by atoms with Gasteiger partial charge in [-0.2, -0.15) is 0 Å². The minimum Gasteiger partial charge on any atom is -0.458 e. The highest BCUT2D eigenvalue weighted by atomic mass is 16.7. The van der Waals surface area contributed by atoms with Crippen LogP contribution in [0.25, 0.3) is 0 Å². The summed E-state index contributed by atoms with van der Waals surface area (Å²) in [6.45, 7) is 11.8. The fourth-order valence-corrected chi connectivity index (χ4v) is 7.26. The predicted molar refractivity (Wildman–Crippen MR) is 196 cm³/mol. The average molecular weight is 754 g/mol. The summed E-state index contributed by atoms with van der Waals surface area (Å²) in [4.78, 5) is 74.3. The van der Waals surface area contributed by atoms with Gasteiger partial charge in [0, 0.05) is 31.3 Å². The number of hydrogen-bond donors (Lipinski definition) is 0. The van der Waals surface area contributed by atoms with Gasteiger partial charge in [-0.05, 0) is 84.8 Å². The van der Waals surface area contributed by atoms with Gasteiger partial charge in [0.05, 0.1) is 29.4 Å². The Kier molecular flexibility index (Phi) is 14.5. The summed E-state index contributed by atoms with van der Waals surface area (Å²) in [5.74, 6) is -5.17. The highest BCUT2D eigenvalue weighted by molar-refractivity contribution is 6.00. The molecule has 1 fully saturated rings. The number of imidazole rings is 1. The third-order valence-corrected chi connectivity index (χ3v) is 10.5. The van der Waals surface area contributed by atoms with Gasteiger partial charge in [-0.15, -0.1) is 0 Å². The van der Waals surface area contributed by atoms with Crippen molar-refractivity contribution in [2.75, 3.05) is 21.2 Å². The molecule has 0 N–H and O–H groups in total. The van der Waals surface area contributed by atoms with Gasteiger partial charge < -0.3 is 33.3 Å². The number of ketones is 2. The number of nitrogens with zero attached hydrogens (tertiary/aromatic N) is 3. The molecule has 0 bridgehead atoms. The van der Waals surface area contributed by atoms with Crippen LogP contribution in [-0.4, -0.2) is 114 Å². The van der Waals surface area contributed by atoms with Crippen molar-refractivity contribution < 1.29 is 52.4 Å². The highest BCUT2D eigenvalue weighted by Crippen LogP contribution is 2.38. The molecule has 14 nitrogen and oxygen atoms in total. The summed E-state index contributed by atoms with van der Waals surface area (Å²) in [6.07, 6.45) is -0.101. The molecule has 1 saturated heterocycles. The van der Waals surface area contributed by atoms with E-state index in [1.807, 2.05) is 25.9 Å². The Balaban J connectivity index is 1.76. The predicted octanol–water partition coefficient (Wildman–Crippen LogP) is 5.04. The zero-order valence-electron chi connectivity index (χ0n) is 32.9. The van der Waals surface area contributed by atoms with E-state index in [1.165, 1.54) is 38.8 Å². The Morgan fingerprint density at radius 1 is 1.06 bits per heavy atom. The fourth-order valence-electron chi connectivity index (χ4n) is 7.26. The number of esters is 2. The largest absolute Gasteiger partial charge is 0.458 e. The number of ether oxygens (including phenoxy) is 6. The molecule has 2 aliphatic rings. The van der Waals surface area contributed by atoms with E-state index >= 15 is 0 Å². The lowest BCUT2D eigenvalue weighted by molar-refractivity contribution is -0.294. The second-order valence-corrected chi connectivity index (χ2v) is 14.8. The number of aromatic nitrogens is 2. The normalized spacial score (nSPS) is 34.0. The van der Waals surface area contributed by atoms with Gasteiger partial charge in [-0.3, -0.25) is 14.4 Å². The van der Waals surface area contributed by atoms with Gasteiger partial charge in [-0.25, -0.2) is 19.1 Å². The summed E-state index contributed by atoms with van der Waals surface area (Å²) < 4.78 is 38.2. The van der Waals surface area contributed by atoms with Crippen LogP contribution in [0.5, 0.6) is 0 Å². The van der Waals surface area contributed by atoms with E-state index in [0.29, 0.717) is 12.0 Å². The maximum atomic E-state index is 14.3. The first kappa shape index (κ1) is 42.5. The number of carbonyl (C=O) groups is 5. The van der Waals surface area contributed by atoms with Crippen LogP contribution in [0, 0.1) is 17.8 Å². The zero-order chi connectivity index (χ0) is 39.9. The van der Waals surface area contributed by atoms with Crippen molar-refractivity contribution in [1.82, 2.24) is 14.5 Å². The zero-order valence-corrected chi connectivity index (χ0v) is 32.9. The molecule has 0 saturated carbocycles. The summed E-state index contributed by atoms with van der Waals surface area (Å²) in [7, 11) is 5.21. The average Bonchev–Trinajstić information content (AvgIpc) is 3.70. The van der Waals surface area contributed by atoms with Gasteiger partial charge in [0.15, 0.2) is 30.1 Å². The number of methoxy groups -OCH3 is 1. The first-order valence-corrected chi connectivity index (χ1v) is 18.5. The number of Topliss-reactive ketones (excluding diaryl/α,β-unsaturated/α-hetero) is 2. The van der Waals surface area contributed by atoms with Crippen LogP contribution in [0.2, 0.25) is 0 Å². The Hall–Kier alpha value is -4.24. The molecule has 0 spiro atoms. The lowest BCUT2D eigenvalue weighted by Gasteiger charge is -2.47. The Morgan fingerprint density at radius 2 is 1.74 bits per heavy atom. The van der Waals surface area contributed by atoms with Crippen molar-refractivity contribution in [2.45, 2.75) is 116 Å². The lowest BCUT2D eigenvalue weighted by Crippen LogP contribution is -2.60.